The second kappa shape index (κ2) is 12.3. The SMILES string of the molecule is Cl.Cl.NC(CC(=O)NCCc1nc(C2CCCCC2)cs1)c1ccccc1. The van der Waals surface area contributed by atoms with Crippen molar-refractivity contribution in [3.05, 3.63) is 52.0 Å². The van der Waals surface area contributed by atoms with Crippen LogP contribution in [0.15, 0.2) is 35.7 Å². The highest BCUT2D eigenvalue weighted by molar-refractivity contribution is 7.09. The Bertz CT molecular complexity index is 675. The number of hydrogen-bond acceptors (Lipinski definition) is 4. The van der Waals surface area contributed by atoms with Crippen molar-refractivity contribution >= 4 is 42.1 Å². The first-order chi connectivity index (χ1) is 12.2. The number of thiazole rings is 1. The first-order valence-electron chi connectivity index (χ1n) is 9.24. The second-order valence-corrected chi connectivity index (χ2v) is 7.76. The van der Waals surface area contributed by atoms with Crippen LogP contribution in [0, 0.1) is 0 Å². The van der Waals surface area contributed by atoms with E-state index in [1.54, 1.807) is 11.3 Å². The highest BCUT2D eigenvalue weighted by Gasteiger charge is 2.18. The molecular weight excluding hydrogens is 401 g/mol. The van der Waals surface area contributed by atoms with Gasteiger partial charge in [0.1, 0.15) is 0 Å². The number of carbonyl (C=O) groups excluding carboxylic acids is 1. The maximum Gasteiger partial charge on any atom is 0.221 e. The van der Waals surface area contributed by atoms with Crippen LogP contribution in [0.25, 0.3) is 0 Å². The van der Waals surface area contributed by atoms with Gasteiger partial charge in [-0.05, 0) is 18.4 Å². The van der Waals surface area contributed by atoms with Gasteiger partial charge in [0.2, 0.25) is 5.91 Å². The van der Waals surface area contributed by atoms with Gasteiger partial charge in [-0.1, -0.05) is 49.6 Å². The number of benzene rings is 1. The lowest BCUT2D eigenvalue weighted by molar-refractivity contribution is -0.121. The number of carbonyl (C=O) groups is 1. The third kappa shape index (κ3) is 7.41. The number of nitrogens with one attached hydrogen (secondary N) is 1. The molecule has 1 aromatic heterocycles. The Morgan fingerprint density at radius 2 is 1.89 bits per heavy atom. The van der Waals surface area contributed by atoms with Gasteiger partial charge in [0.05, 0.1) is 10.7 Å². The normalized spacial score (nSPS) is 15.3. The van der Waals surface area contributed by atoms with Crippen molar-refractivity contribution < 1.29 is 4.79 Å². The lowest BCUT2D eigenvalue weighted by Gasteiger charge is -2.19. The second-order valence-electron chi connectivity index (χ2n) is 6.82. The summed E-state index contributed by atoms with van der Waals surface area (Å²) >= 11 is 1.72. The molecular formula is C20H29Cl2N3OS. The minimum absolute atomic E-state index is 0. The molecule has 1 aliphatic carbocycles. The summed E-state index contributed by atoms with van der Waals surface area (Å²) in [6.45, 7) is 0.623. The van der Waals surface area contributed by atoms with Crippen LogP contribution >= 0.6 is 36.2 Å². The van der Waals surface area contributed by atoms with Gasteiger partial charge in [-0.15, -0.1) is 36.2 Å². The minimum atomic E-state index is -0.251. The van der Waals surface area contributed by atoms with Crippen molar-refractivity contribution in [1.82, 2.24) is 10.3 Å². The van der Waals surface area contributed by atoms with Crippen molar-refractivity contribution in [1.29, 1.82) is 0 Å². The Hall–Kier alpha value is -1.14. The van der Waals surface area contributed by atoms with E-state index in [9.17, 15) is 4.79 Å². The summed E-state index contributed by atoms with van der Waals surface area (Å²) in [5.74, 6) is 0.651. The zero-order valence-corrected chi connectivity index (χ0v) is 17.9. The van der Waals surface area contributed by atoms with E-state index in [0.29, 0.717) is 18.9 Å². The average molecular weight is 430 g/mol. The molecule has 3 N–H and O–H groups in total. The van der Waals surface area contributed by atoms with Gasteiger partial charge in [0.15, 0.2) is 0 Å². The lowest BCUT2D eigenvalue weighted by atomic mass is 9.87. The van der Waals surface area contributed by atoms with Crippen LogP contribution in [0.1, 0.15) is 66.7 Å². The molecule has 1 aliphatic rings. The van der Waals surface area contributed by atoms with Crippen molar-refractivity contribution in [3.8, 4) is 0 Å². The van der Waals surface area contributed by atoms with Crippen LogP contribution < -0.4 is 11.1 Å². The van der Waals surface area contributed by atoms with Gasteiger partial charge in [-0.3, -0.25) is 4.79 Å². The van der Waals surface area contributed by atoms with Crippen molar-refractivity contribution in [3.63, 3.8) is 0 Å². The van der Waals surface area contributed by atoms with Crippen LogP contribution in [0.2, 0.25) is 0 Å². The van der Waals surface area contributed by atoms with Crippen LogP contribution in [-0.4, -0.2) is 17.4 Å². The summed E-state index contributed by atoms with van der Waals surface area (Å²) in [6, 6.07) is 9.50. The van der Waals surface area contributed by atoms with Gasteiger partial charge in [-0.2, -0.15) is 0 Å². The van der Waals surface area contributed by atoms with Crippen molar-refractivity contribution in [2.75, 3.05) is 6.54 Å². The zero-order chi connectivity index (χ0) is 17.5. The molecule has 0 bridgehead atoms. The van der Waals surface area contributed by atoms with Gasteiger partial charge < -0.3 is 11.1 Å². The summed E-state index contributed by atoms with van der Waals surface area (Å²) in [4.78, 5) is 16.8. The fourth-order valence-electron chi connectivity index (χ4n) is 3.42. The molecule has 2 aromatic rings. The van der Waals surface area contributed by atoms with Crippen LogP contribution in [-0.2, 0) is 11.2 Å². The molecule has 7 heteroatoms. The van der Waals surface area contributed by atoms with Crippen LogP contribution in [0.5, 0.6) is 0 Å². The highest BCUT2D eigenvalue weighted by Crippen LogP contribution is 2.33. The van der Waals surface area contributed by atoms with Crippen LogP contribution in [0.4, 0.5) is 0 Å². The van der Waals surface area contributed by atoms with E-state index in [1.165, 1.54) is 37.8 Å². The predicted molar refractivity (Wildman–Crippen MR) is 117 cm³/mol. The molecule has 1 heterocycles. The molecule has 1 unspecified atom stereocenters. The smallest absolute Gasteiger partial charge is 0.221 e. The van der Waals surface area contributed by atoms with E-state index in [1.807, 2.05) is 30.3 Å². The monoisotopic (exact) mass is 429 g/mol. The fraction of sp³-hybridized carbons (Fsp3) is 0.500. The van der Waals surface area contributed by atoms with Crippen LogP contribution in [0.3, 0.4) is 0 Å². The minimum Gasteiger partial charge on any atom is -0.356 e. The van der Waals surface area contributed by atoms with Gasteiger partial charge in [0.25, 0.3) is 0 Å². The standard InChI is InChI=1S/C20H27N3OS.2ClH/c21-17(15-7-3-1-4-8-15)13-19(24)22-12-11-20-23-18(14-25-20)16-9-5-2-6-10-16;;/h1,3-4,7-8,14,16-17H,2,5-6,9-13,21H2,(H,22,24);2*1H. The third-order valence-electron chi connectivity index (χ3n) is 4.89. The molecule has 0 spiro atoms. The Balaban J connectivity index is 0.00000182. The Morgan fingerprint density at radius 1 is 1.19 bits per heavy atom. The summed E-state index contributed by atoms with van der Waals surface area (Å²) in [5.41, 5.74) is 8.35. The Morgan fingerprint density at radius 3 is 2.59 bits per heavy atom. The lowest BCUT2D eigenvalue weighted by Crippen LogP contribution is -2.29. The summed E-state index contributed by atoms with van der Waals surface area (Å²) in [6.07, 6.45) is 7.68. The van der Waals surface area contributed by atoms with E-state index in [0.717, 1.165) is 17.0 Å². The first-order valence-corrected chi connectivity index (χ1v) is 10.1. The predicted octanol–water partition coefficient (Wildman–Crippen LogP) is 4.78. The molecule has 0 radical (unpaired) electrons. The quantitative estimate of drug-likeness (QED) is 0.664. The van der Waals surface area contributed by atoms with Crippen molar-refractivity contribution in [2.45, 2.75) is 56.9 Å². The molecule has 3 rings (SSSR count). The number of nitrogens with zero attached hydrogens (tertiary/aromatic N) is 1. The van der Waals surface area contributed by atoms with E-state index < -0.39 is 0 Å². The average Bonchev–Trinajstić information content (AvgIpc) is 3.12. The topological polar surface area (TPSA) is 68.0 Å². The maximum absolute atomic E-state index is 12.1. The number of aromatic nitrogens is 1. The molecule has 0 aliphatic heterocycles. The summed E-state index contributed by atoms with van der Waals surface area (Å²) < 4.78 is 0. The number of nitrogens with two attached hydrogens (primary N) is 1. The van der Waals surface area contributed by atoms with E-state index in [4.69, 9.17) is 10.7 Å². The summed E-state index contributed by atoms with van der Waals surface area (Å²) in [7, 11) is 0. The molecule has 1 amide bonds. The molecule has 0 saturated heterocycles. The Kier molecular flexibility index (Phi) is 10.9. The van der Waals surface area contributed by atoms with Gasteiger partial charge in [0, 0.05) is 36.7 Å². The molecule has 1 fully saturated rings. The number of rotatable bonds is 7. The van der Waals surface area contributed by atoms with Gasteiger partial charge >= 0.3 is 0 Å². The molecule has 27 heavy (non-hydrogen) atoms. The molecule has 4 nitrogen and oxygen atoms in total. The number of amides is 1. The van der Waals surface area contributed by atoms with Gasteiger partial charge in [-0.25, -0.2) is 4.98 Å². The van der Waals surface area contributed by atoms with E-state index >= 15 is 0 Å². The number of halogens is 2. The molecule has 1 saturated carbocycles. The van der Waals surface area contributed by atoms with E-state index in [2.05, 4.69) is 10.7 Å². The molecule has 1 aromatic carbocycles. The molecule has 1 atom stereocenters. The van der Waals surface area contributed by atoms with Crippen molar-refractivity contribution in [2.24, 2.45) is 5.73 Å². The first kappa shape index (κ1) is 23.9. The third-order valence-corrected chi connectivity index (χ3v) is 5.81. The fourth-order valence-corrected chi connectivity index (χ4v) is 4.30. The van der Waals surface area contributed by atoms with E-state index in [-0.39, 0.29) is 36.8 Å². The summed E-state index contributed by atoms with van der Waals surface area (Å²) in [5, 5.41) is 6.29. The molecule has 150 valence electrons. The Labute approximate surface area is 178 Å². The highest BCUT2D eigenvalue weighted by atomic mass is 35.5. The number of hydrogen-bond donors (Lipinski definition) is 2. The largest absolute Gasteiger partial charge is 0.356 e. The maximum atomic E-state index is 12.1. The zero-order valence-electron chi connectivity index (χ0n) is 15.4.